The number of nitrogens with one attached hydrogen (secondary N) is 5. The Balaban J connectivity index is 1.36. The Morgan fingerprint density at radius 3 is 1.72 bits per heavy atom. The first-order valence-electron chi connectivity index (χ1n) is 24.7. The molecule has 14 N–H and O–H groups in total. The zero-order valence-corrected chi connectivity index (χ0v) is 42.0. The number of hydrogen-bond donors (Lipinski definition) is 10. The van der Waals surface area contributed by atoms with Crippen molar-refractivity contribution in [2.75, 3.05) is 32.5 Å². The van der Waals surface area contributed by atoms with E-state index in [1.165, 1.54) is 26.2 Å². The van der Waals surface area contributed by atoms with E-state index in [1.54, 1.807) is 72.8 Å². The average Bonchev–Trinajstić information content (AvgIpc) is 3.38. The molecule has 0 fully saturated rings. The number of amides is 6. The van der Waals surface area contributed by atoms with Crippen LogP contribution in [0.3, 0.4) is 0 Å². The molecule has 74 heavy (non-hydrogen) atoms. The van der Waals surface area contributed by atoms with Gasteiger partial charge in [0.2, 0.25) is 46.7 Å². The van der Waals surface area contributed by atoms with Crippen molar-refractivity contribution in [2.45, 2.75) is 115 Å². The van der Waals surface area contributed by atoms with Crippen LogP contribution in [-0.4, -0.2) is 109 Å². The summed E-state index contributed by atoms with van der Waals surface area (Å²) in [6.07, 6.45) is 6.36. The quantitative estimate of drug-likeness (QED) is 0.0146. The normalized spacial score (nSPS) is 13.9. The van der Waals surface area contributed by atoms with Gasteiger partial charge in [0.05, 0.1) is 19.3 Å². The molecular weight excluding hydrogens is 953 g/mol. The van der Waals surface area contributed by atoms with Gasteiger partial charge in [-0.3, -0.25) is 38.6 Å². The van der Waals surface area contributed by atoms with E-state index in [2.05, 4.69) is 31.6 Å². The van der Waals surface area contributed by atoms with E-state index >= 15 is 0 Å². The molecule has 0 unspecified atom stereocenters. The second-order valence-electron chi connectivity index (χ2n) is 17.8. The molecule has 3 aromatic carbocycles. The van der Waals surface area contributed by atoms with E-state index in [9.17, 15) is 43.5 Å². The number of allylic oxidation sites excluding steroid dienone is 2. The van der Waals surface area contributed by atoms with Gasteiger partial charge in [0.1, 0.15) is 24.2 Å². The van der Waals surface area contributed by atoms with Crippen molar-refractivity contribution >= 4 is 58.8 Å². The lowest BCUT2D eigenvalue weighted by Gasteiger charge is -2.26. The minimum absolute atomic E-state index is 0.00415. The standard InChI is InChI=1S/C53H70N10O11/c1-33-36(44(65)46(73-2)45(66)43(33)64)24-15-7-5-3-4-6-8-18-29-74-53(72)63-41(31-35-22-13-10-14-23-35)51(71)60-39(27-19-28-58-52(56)57)49(69)61-40(30-34-20-11-9-12-21-34)50(70)62-42(47(55)67)32-59-48(68)37-25-16-17-26-38(37)54/h9-14,16-17,20-23,25-26,39-42,66H,3-8,15,18-19,24,27-32,54H2,1-2H3,(H2,55,67)(H,59,68)(H,60,71)(H,61,69)(H,62,70)(H,63,72)(H4,56,57,58)/t39-,40+,41+,42+/m1/s1. The average molecular weight is 1020 g/mol. The Labute approximate surface area is 430 Å². The van der Waals surface area contributed by atoms with Crippen molar-refractivity contribution < 1.29 is 52.9 Å². The summed E-state index contributed by atoms with van der Waals surface area (Å²) in [6, 6.07) is 18.7. The van der Waals surface area contributed by atoms with Crippen LogP contribution in [0.5, 0.6) is 0 Å². The van der Waals surface area contributed by atoms with Crippen LogP contribution >= 0.6 is 0 Å². The van der Waals surface area contributed by atoms with Crippen LogP contribution in [0.4, 0.5) is 10.5 Å². The minimum atomic E-state index is -1.40. The second kappa shape index (κ2) is 30.6. The molecule has 398 valence electrons. The number of anilines is 1. The number of carbonyl (C=O) groups is 8. The molecule has 4 rings (SSSR count). The lowest BCUT2D eigenvalue weighted by atomic mass is 9.89. The molecule has 21 heteroatoms. The minimum Gasteiger partial charge on any atom is -0.501 e. The molecule has 0 aromatic heterocycles. The summed E-state index contributed by atoms with van der Waals surface area (Å²) in [7, 11) is 1.24. The van der Waals surface area contributed by atoms with Gasteiger partial charge in [-0.15, -0.1) is 0 Å². The van der Waals surface area contributed by atoms with Gasteiger partial charge in [-0.25, -0.2) is 4.79 Å². The van der Waals surface area contributed by atoms with Crippen LogP contribution < -0.4 is 49.5 Å². The van der Waals surface area contributed by atoms with Crippen molar-refractivity contribution in [2.24, 2.45) is 22.2 Å². The first-order chi connectivity index (χ1) is 35.5. The Kier molecular flexibility index (Phi) is 24.1. The van der Waals surface area contributed by atoms with E-state index in [0.29, 0.717) is 36.0 Å². The summed E-state index contributed by atoms with van der Waals surface area (Å²) in [6.45, 7) is 1.32. The van der Waals surface area contributed by atoms with Crippen LogP contribution in [-0.2, 0) is 51.1 Å². The molecule has 0 heterocycles. The number of aliphatic imine (C=N–C) groups is 1. The van der Waals surface area contributed by atoms with Gasteiger partial charge in [-0.1, -0.05) is 111 Å². The SMILES string of the molecule is COC1=C(O)C(=O)C(C)=C(CCCCCCCCCCOC(=O)N[C@@H](Cc2ccccc2)C(=O)N[C@H](CCCN=C(N)N)C(=O)N[C@@H](Cc2ccccc2)C(=O)N[C@@H](CNC(=O)c2ccccc2N)C(N)=O)C1=O. The number of alkyl carbamates (subject to hydrolysis) is 1. The highest BCUT2D eigenvalue weighted by Gasteiger charge is 2.34. The van der Waals surface area contributed by atoms with E-state index in [4.69, 9.17) is 32.4 Å². The number of nitrogens with zero attached hydrogens (tertiary/aromatic N) is 1. The van der Waals surface area contributed by atoms with Crippen LogP contribution in [0.25, 0.3) is 0 Å². The highest BCUT2D eigenvalue weighted by atomic mass is 16.5. The lowest BCUT2D eigenvalue weighted by Crippen LogP contribution is -2.60. The van der Waals surface area contributed by atoms with Crippen molar-refractivity contribution in [3.05, 3.63) is 124 Å². The molecule has 0 aliphatic heterocycles. The fourth-order valence-corrected chi connectivity index (χ4v) is 8.06. The molecule has 3 aromatic rings. The zero-order chi connectivity index (χ0) is 54.0. The Morgan fingerprint density at radius 1 is 0.635 bits per heavy atom. The van der Waals surface area contributed by atoms with Gasteiger partial charge in [0, 0.05) is 42.8 Å². The summed E-state index contributed by atoms with van der Waals surface area (Å²) in [5.74, 6) is -6.08. The van der Waals surface area contributed by atoms with Crippen molar-refractivity contribution in [1.82, 2.24) is 26.6 Å². The Hall–Kier alpha value is -8.23. The molecule has 0 radical (unpaired) electrons. The van der Waals surface area contributed by atoms with Gasteiger partial charge in [-0.05, 0) is 62.3 Å². The predicted octanol–water partition coefficient (Wildman–Crippen LogP) is 2.97. The molecule has 0 saturated heterocycles. The van der Waals surface area contributed by atoms with Crippen molar-refractivity contribution in [1.29, 1.82) is 0 Å². The number of ketones is 2. The molecule has 1 aliphatic rings. The van der Waals surface area contributed by atoms with Crippen LogP contribution in [0.15, 0.2) is 113 Å². The highest BCUT2D eigenvalue weighted by molar-refractivity contribution is 6.23. The number of Topliss-reactive ketones (excluding diaryl/α,β-unsaturated/α-hetero) is 2. The first-order valence-corrected chi connectivity index (χ1v) is 24.7. The first kappa shape index (κ1) is 58.3. The maximum absolute atomic E-state index is 14.3. The third-order valence-corrected chi connectivity index (χ3v) is 12.2. The van der Waals surface area contributed by atoms with Gasteiger partial charge < -0.3 is 64.1 Å². The van der Waals surface area contributed by atoms with E-state index in [0.717, 1.165) is 38.5 Å². The summed E-state index contributed by atoms with van der Waals surface area (Å²) < 4.78 is 10.4. The molecule has 4 atom stereocenters. The number of ether oxygens (including phenoxy) is 2. The summed E-state index contributed by atoms with van der Waals surface area (Å²) in [4.78, 5) is 110. The fourth-order valence-electron chi connectivity index (χ4n) is 8.06. The number of rotatable bonds is 31. The van der Waals surface area contributed by atoms with Crippen molar-refractivity contribution in [3.63, 3.8) is 0 Å². The van der Waals surface area contributed by atoms with Crippen molar-refractivity contribution in [3.8, 4) is 0 Å². The molecule has 1 aliphatic carbocycles. The van der Waals surface area contributed by atoms with Crippen LogP contribution in [0, 0.1) is 0 Å². The number of aliphatic hydroxyl groups excluding tert-OH is 1. The molecule has 0 saturated carbocycles. The van der Waals surface area contributed by atoms with Gasteiger partial charge in [-0.2, -0.15) is 0 Å². The van der Waals surface area contributed by atoms with Gasteiger partial charge in [0.15, 0.2) is 5.96 Å². The zero-order valence-electron chi connectivity index (χ0n) is 42.0. The Morgan fingerprint density at radius 2 is 1.15 bits per heavy atom. The molecule has 0 bridgehead atoms. The maximum Gasteiger partial charge on any atom is 0.407 e. The van der Waals surface area contributed by atoms with Gasteiger partial charge >= 0.3 is 6.09 Å². The number of unbranched alkanes of at least 4 members (excludes halogenated alkanes) is 7. The van der Waals surface area contributed by atoms with E-state index < -0.39 is 83.7 Å². The third kappa shape index (κ3) is 19.1. The number of hydrogen-bond acceptors (Lipinski definition) is 13. The number of carbonyl (C=O) groups excluding carboxylic acids is 8. The number of aliphatic hydroxyl groups is 1. The summed E-state index contributed by atoms with van der Waals surface area (Å²) >= 11 is 0. The molecule has 21 nitrogen and oxygen atoms in total. The van der Waals surface area contributed by atoms with E-state index in [1.807, 2.05) is 0 Å². The molecule has 6 amide bonds. The Bertz CT molecular complexity index is 2510. The van der Waals surface area contributed by atoms with Crippen LogP contribution in [0.2, 0.25) is 0 Å². The van der Waals surface area contributed by atoms with Gasteiger partial charge in [0.25, 0.3) is 5.91 Å². The predicted molar refractivity (Wildman–Crippen MR) is 278 cm³/mol. The lowest BCUT2D eigenvalue weighted by molar-refractivity contribution is -0.133. The number of primary amides is 1. The summed E-state index contributed by atoms with van der Waals surface area (Å²) in [5.41, 5.74) is 25.0. The number of para-hydroxylation sites is 1. The second-order valence-corrected chi connectivity index (χ2v) is 17.8. The molecule has 0 spiro atoms. The number of benzene rings is 3. The van der Waals surface area contributed by atoms with Crippen LogP contribution in [0.1, 0.15) is 99.0 Å². The number of nitrogen functional groups attached to an aromatic ring is 1. The fraction of sp³-hybridized carbons (Fsp3) is 0.415. The smallest absolute Gasteiger partial charge is 0.407 e. The third-order valence-electron chi connectivity index (χ3n) is 12.2. The largest absolute Gasteiger partial charge is 0.501 e. The maximum atomic E-state index is 14.3. The monoisotopic (exact) mass is 1020 g/mol. The topological polar surface area (TPSA) is 352 Å². The molecular formula is C53H70N10O11. The summed E-state index contributed by atoms with van der Waals surface area (Å²) in [5, 5.41) is 23.2. The number of nitrogens with two attached hydrogens (primary N) is 4. The van der Waals surface area contributed by atoms with E-state index in [-0.39, 0.29) is 67.4 Å². The highest BCUT2D eigenvalue weighted by Crippen LogP contribution is 2.27. The number of methoxy groups -OCH3 is 1. The number of guanidine groups is 1.